The molecule has 5 heteroatoms. The fourth-order valence-corrected chi connectivity index (χ4v) is 2.69. The van der Waals surface area contributed by atoms with Gasteiger partial charge in [-0.05, 0) is 38.8 Å². The molecular formula is C14H18ClNO3. The standard InChI is InChI=1S/C14H18ClNO3/c1-14(2)8-9(6-7-19-14)16-11-5-3-4-10(15)12(11)13(17)18/h3-5,9,16H,6-8H2,1-2H3,(H,17,18). The van der Waals surface area contributed by atoms with Gasteiger partial charge in [-0.1, -0.05) is 17.7 Å². The average Bonchev–Trinajstić information content (AvgIpc) is 2.26. The Balaban J connectivity index is 2.19. The van der Waals surface area contributed by atoms with Crippen LogP contribution in [0.5, 0.6) is 0 Å². The molecule has 0 saturated carbocycles. The number of hydrogen-bond donors (Lipinski definition) is 2. The third kappa shape index (κ3) is 3.39. The van der Waals surface area contributed by atoms with Gasteiger partial charge in [0.05, 0.1) is 16.3 Å². The number of nitrogens with one attached hydrogen (secondary N) is 1. The smallest absolute Gasteiger partial charge is 0.339 e. The largest absolute Gasteiger partial charge is 0.478 e. The van der Waals surface area contributed by atoms with Gasteiger partial charge >= 0.3 is 5.97 Å². The molecule has 1 fully saturated rings. The van der Waals surface area contributed by atoms with Crippen LogP contribution in [0.15, 0.2) is 18.2 Å². The third-order valence-electron chi connectivity index (χ3n) is 3.28. The number of aromatic carboxylic acids is 1. The molecule has 0 aliphatic carbocycles. The fourth-order valence-electron chi connectivity index (χ4n) is 2.44. The lowest BCUT2D eigenvalue weighted by Crippen LogP contribution is -2.40. The van der Waals surface area contributed by atoms with Crippen molar-refractivity contribution in [2.24, 2.45) is 0 Å². The number of hydrogen-bond acceptors (Lipinski definition) is 3. The first-order valence-electron chi connectivity index (χ1n) is 6.31. The molecule has 0 spiro atoms. The van der Waals surface area contributed by atoms with Gasteiger partial charge in [-0.15, -0.1) is 0 Å². The van der Waals surface area contributed by atoms with Gasteiger partial charge in [-0.2, -0.15) is 0 Å². The van der Waals surface area contributed by atoms with Gasteiger partial charge in [-0.25, -0.2) is 4.79 Å². The highest BCUT2D eigenvalue weighted by molar-refractivity contribution is 6.34. The maximum absolute atomic E-state index is 11.3. The Labute approximate surface area is 117 Å². The van der Waals surface area contributed by atoms with Gasteiger partial charge in [0.2, 0.25) is 0 Å². The average molecular weight is 284 g/mol. The second-order valence-electron chi connectivity index (χ2n) is 5.41. The van der Waals surface area contributed by atoms with Gasteiger partial charge < -0.3 is 15.2 Å². The minimum absolute atomic E-state index is 0.133. The first kappa shape index (κ1) is 14.2. The summed E-state index contributed by atoms with van der Waals surface area (Å²) >= 11 is 5.95. The predicted molar refractivity (Wildman–Crippen MR) is 75.1 cm³/mol. The molecule has 1 aliphatic rings. The van der Waals surface area contributed by atoms with Crippen molar-refractivity contribution in [3.8, 4) is 0 Å². The number of anilines is 1. The molecule has 2 N–H and O–H groups in total. The topological polar surface area (TPSA) is 58.6 Å². The summed E-state index contributed by atoms with van der Waals surface area (Å²) in [5.74, 6) is -1.01. The van der Waals surface area contributed by atoms with Gasteiger partial charge in [0.25, 0.3) is 0 Å². The van der Waals surface area contributed by atoms with E-state index in [2.05, 4.69) is 5.32 Å². The molecular weight excluding hydrogens is 266 g/mol. The van der Waals surface area contributed by atoms with Crippen LogP contribution in [0.3, 0.4) is 0 Å². The van der Waals surface area contributed by atoms with Crippen molar-refractivity contribution in [1.29, 1.82) is 0 Å². The van der Waals surface area contributed by atoms with E-state index in [1.54, 1.807) is 18.2 Å². The molecule has 4 nitrogen and oxygen atoms in total. The number of carboxylic acid groups (broad SMARTS) is 1. The quantitative estimate of drug-likeness (QED) is 0.892. The molecule has 0 aromatic heterocycles. The minimum Gasteiger partial charge on any atom is -0.478 e. The van der Waals surface area contributed by atoms with Crippen molar-refractivity contribution < 1.29 is 14.6 Å². The van der Waals surface area contributed by atoms with Crippen LogP contribution in [0, 0.1) is 0 Å². The van der Waals surface area contributed by atoms with E-state index in [1.807, 2.05) is 13.8 Å². The molecule has 0 amide bonds. The monoisotopic (exact) mass is 283 g/mol. The molecule has 1 aromatic rings. The van der Waals surface area contributed by atoms with Crippen LogP contribution in [0.4, 0.5) is 5.69 Å². The van der Waals surface area contributed by atoms with E-state index in [-0.39, 0.29) is 22.2 Å². The zero-order valence-corrected chi connectivity index (χ0v) is 11.8. The maximum atomic E-state index is 11.3. The van der Waals surface area contributed by atoms with Crippen molar-refractivity contribution in [1.82, 2.24) is 0 Å². The summed E-state index contributed by atoms with van der Waals surface area (Å²) in [5, 5.41) is 12.8. The third-order valence-corrected chi connectivity index (χ3v) is 3.60. The Morgan fingerprint density at radius 1 is 1.53 bits per heavy atom. The Bertz CT molecular complexity index is 488. The normalized spacial score (nSPS) is 21.9. The van der Waals surface area contributed by atoms with Crippen LogP contribution in [0.2, 0.25) is 5.02 Å². The first-order valence-corrected chi connectivity index (χ1v) is 6.69. The molecule has 2 rings (SSSR count). The van der Waals surface area contributed by atoms with Gasteiger partial charge in [0.1, 0.15) is 5.56 Å². The number of rotatable bonds is 3. The SMILES string of the molecule is CC1(C)CC(Nc2cccc(Cl)c2C(=O)O)CCO1. The Kier molecular flexibility index (Phi) is 4.02. The molecule has 0 bridgehead atoms. The van der Waals surface area contributed by atoms with Crippen molar-refractivity contribution >= 4 is 23.3 Å². The van der Waals surface area contributed by atoms with Crippen molar-refractivity contribution in [2.75, 3.05) is 11.9 Å². The number of carbonyl (C=O) groups is 1. The second kappa shape index (κ2) is 5.39. The molecule has 1 atom stereocenters. The van der Waals surface area contributed by atoms with E-state index in [9.17, 15) is 9.90 Å². The molecule has 1 saturated heterocycles. The summed E-state index contributed by atoms with van der Waals surface area (Å²) in [6, 6.07) is 5.28. The molecule has 1 unspecified atom stereocenters. The summed E-state index contributed by atoms with van der Waals surface area (Å²) in [6.45, 7) is 4.75. The van der Waals surface area contributed by atoms with E-state index in [0.717, 1.165) is 12.8 Å². The Morgan fingerprint density at radius 2 is 2.26 bits per heavy atom. The highest BCUT2D eigenvalue weighted by atomic mass is 35.5. The van der Waals surface area contributed by atoms with Crippen LogP contribution >= 0.6 is 11.6 Å². The summed E-state index contributed by atoms with van der Waals surface area (Å²) in [6.07, 6.45) is 1.69. The summed E-state index contributed by atoms with van der Waals surface area (Å²) in [7, 11) is 0. The zero-order chi connectivity index (χ0) is 14.0. The van der Waals surface area contributed by atoms with Gasteiger partial charge in [-0.3, -0.25) is 0 Å². The van der Waals surface area contributed by atoms with Gasteiger partial charge in [0, 0.05) is 12.6 Å². The molecule has 0 radical (unpaired) electrons. The second-order valence-corrected chi connectivity index (χ2v) is 5.82. The van der Waals surface area contributed by atoms with Gasteiger partial charge in [0.15, 0.2) is 0 Å². The predicted octanol–water partition coefficient (Wildman–Crippen LogP) is 3.41. The molecule has 19 heavy (non-hydrogen) atoms. The van der Waals surface area contributed by atoms with Crippen LogP contribution < -0.4 is 5.32 Å². The van der Waals surface area contributed by atoms with E-state index < -0.39 is 5.97 Å². The van der Waals surface area contributed by atoms with Crippen LogP contribution in [-0.4, -0.2) is 29.3 Å². The van der Waals surface area contributed by atoms with Crippen LogP contribution in [-0.2, 0) is 4.74 Å². The first-order chi connectivity index (χ1) is 8.89. The highest BCUT2D eigenvalue weighted by Gasteiger charge is 2.29. The molecule has 1 aromatic carbocycles. The van der Waals surface area contributed by atoms with E-state index in [0.29, 0.717) is 12.3 Å². The number of carboxylic acids is 1. The van der Waals surface area contributed by atoms with Crippen molar-refractivity contribution in [3.63, 3.8) is 0 Å². The van der Waals surface area contributed by atoms with Crippen molar-refractivity contribution in [2.45, 2.75) is 38.3 Å². The molecule has 104 valence electrons. The highest BCUT2D eigenvalue weighted by Crippen LogP contribution is 2.29. The lowest BCUT2D eigenvalue weighted by molar-refractivity contribution is -0.0553. The molecule has 1 aliphatic heterocycles. The summed E-state index contributed by atoms with van der Waals surface area (Å²) in [5.41, 5.74) is 0.522. The lowest BCUT2D eigenvalue weighted by Gasteiger charge is -2.36. The Morgan fingerprint density at radius 3 is 2.89 bits per heavy atom. The summed E-state index contributed by atoms with van der Waals surface area (Å²) in [4.78, 5) is 11.3. The van der Waals surface area contributed by atoms with Crippen molar-refractivity contribution in [3.05, 3.63) is 28.8 Å². The number of halogens is 1. The number of benzene rings is 1. The summed E-state index contributed by atoms with van der Waals surface area (Å²) < 4.78 is 5.65. The van der Waals surface area contributed by atoms with Crippen LogP contribution in [0.25, 0.3) is 0 Å². The molecule has 1 heterocycles. The minimum atomic E-state index is -1.01. The number of ether oxygens (including phenoxy) is 1. The fraction of sp³-hybridized carbons (Fsp3) is 0.500. The Hall–Kier alpha value is -1.26. The van der Waals surface area contributed by atoms with E-state index in [4.69, 9.17) is 16.3 Å². The lowest BCUT2D eigenvalue weighted by atomic mass is 9.93. The maximum Gasteiger partial charge on any atom is 0.339 e. The van der Waals surface area contributed by atoms with E-state index >= 15 is 0 Å². The van der Waals surface area contributed by atoms with Crippen LogP contribution in [0.1, 0.15) is 37.0 Å². The zero-order valence-electron chi connectivity index (χ0n) is 11.1. The van der Waals surface area contributed by atoms with E-state index in [1.165, 1.54) is 0 Å².